The van der Waals surface area contributed by atoms with Crippen LogP contribution in [0.3, 0.4) is 0 Å². The summed E-state index contributed by atoms with van der Waals surface area (Å²) in [5.41, 5.74) is 1.79. The normalized spacial score (nSPS) is 23.6. The Morgan fingerprint density at radius 3 is 2.78 bits per heavy atom. The van der Waals surface area contributed by atoms with E-state index in [0.717, 1.165) is 18.4 Å². The first kappa shape index (κ1) is 13.1. The number of nitrogens with zero attached hydrogens (tertiary/aromatic N) is 1. The number of nitriles is 1. The van der Waals surface area contributed by atoms with Crippen molar-refractivity contribution in [3.63, 3.8) is 0 Å². The molecule has 1 aromatic rings. The number of nitrogens with one attached hydrogen (secondary N) is 1. The van der Waals surface area contributed by atoms with E-state index in [4.69, 9.17) is 10.00 Å². The summed E-state index contributed by atoms with van der Waals surface area (Å²) in [6.07, 6.45) is 5.02. The van der Waals surface area contributed by atoms with Crippen molar-refractivity contribution in [2.24, 2.45) is 0 Å². The Bertz CT molecular complexity index is 417. The second-order valence-electron chi connectivity index (χ2n) is 4.89. The van der Waals surface area contributed by atoms with Crippen LogP contribution in [0.1, 0.15) is 36.8 Å². The topological polar surface area (TPSA) is 45.0 Å². The number of hydrogen-bond acceptors (Lipinski definition) is 3. The van der Waals surface area contributed by atoms with Crippen molar-refractivity contribution >= 4 is 0 Å². The van der Waals surface area contributed by atoms with Crippen LogP contribution in [-0.2, 0) is 11.3 Å². The molecule has 0 heterocycles. The second kappa shape index (κ2) is 6.53. The Morgan fingerprint density at radius 1 is 1.33 bits per heavy atom. The van der Waals surface area contributed by atoms with E-state index in [1.165, 1.54) is 12.8 Å². The van der Waals surface area contributed by atoms with Crippen molar-refractivity contribution in [3.8, 4) is 6.07 Å². The largest absolute Gasteiger partial charge is 0.374 e. The monoisotopic (exact) mass is 244 g/mol. The summed E-state index contributed by atoms with van der Waals surface area (Å²) in [4.78, 5) is 0. The van der Waals surface area contributed by atoms with E-state index in [1.54, 1.807) is 0 Å². The fourth-order valence-corrected chi connectivity index (χ4v) is 2.46. The maximum atomic E-state index is 8.84. The molecule has 3 heteroatoms. The maximum absolute atomic E-state index is 8.84. The van der Waals surface area contributed by atoms with Crippen LogP contribution in [0.15, 0.2) is 24.3 Å². The highest BCUT2D eigenvalue weighted by Crippen LogP contribution is 2.22. The van der Waals surface area contributed by atoms with Gasteiger partial charge in [-0.2, -0.15) is 5.26 Å². The molecule has 0 saturated heterocycles. The minimum atomic E-state index is 0.375. The predicted molar refractivity (Wildman–Crippen MR) is 71.0 cm³/mol. The molecule has 1 aliphatic rings. The molecule has 1 saturated carbocycles. The third-order valence-corrected chi connectivity index (χ3v) is 3.62. The van der Waals surface area contributed by atoms with Crippen LogP contribution in [0, 0.1) is 11.3 Å². The van der Waals surface area contributed by atoms with Gasteiger partial charge in [-0.05, 0) is 50.4 Å². The van der Waals surface area contributed by atoms with Gasteiger partial charge in [0.05, 0.1) is 24.3 Å². The van der Waals surface area contributed by atoms with Crippen LogP contribution in [0.2, 0.25) is 0 Å². The number of ether oxygens (including phenoxy) is 1. The molecule has 0 unspecified atom stereocenters. The Balaban J connectivity index is 1.80. The van der Waals surface area contributed by atoms with Gasteiger partial charge in [-0.1, -0.05) is 12.1 Å². The Labute approximate surface area is 109 Å². The van der Waals surface area contributed by atoms with Crippen LogP contribution in [0.5, 0.6) is 0 Å². The zero-order chi connectivity index (χ0) is 12.8. The smallest absolute Gasteiger partial charge is 0.0991 e. The molecule has 1 aromatic carbocycles. The molecule has 18 heavy (non-hydrogen) atoms. The van der Waals surface area contributed by atoms with E-state index in [0.29, 0.717) is 24.3 Å². The first-order valence-electron chi connectivity index (χ1n) is 6.59. The van der Waals surface area contributed by atoms with Gasteiger partial charge in [0.2, 0.25) is 0 Å². The van der Waals surface area contributed by atoms with E-state index < -0.39 is 0 Å². The van der Waals surface area contributed by atoms with Crippen LogP contribution < -0.4 is 5.32 Å². The zero-order valence-electron chi connectivity index (χ0n) is 10.9. The van der Waals surface area contributed by atoms with Gasteiger partial charge >= 0.3 is 0 Å². The number of benzene rings is 1. The van der Waals surface area contributed by atoms with Crippen molar-refractivity contribution in [1.82, 2.24) is 5.32 Å². The summed E-state index contributed by atoms with van der Waals surface area (Å²) >= 11 is 0. The average molecular weight is 244 g/mol. The molecule has 0 aliphatic heterocycles. The highest BCUT2D eigenvalue weighted by molar-refractivity contribution is 5.32. The Kier molecular flexibility index (Phi) is 4.74. The zero-order valence-corrected chi connectivity index (χ0v) is 10.9. The van der Waals surface area contributed by atoms with Crippen LogP contribution >= 0.6 is 0 Å². The molecule has 3 nitrogen and oxygen atoms in total. The second-order valence-corrected chi connectivity index (χ2v) is 4.89. The van der Waals surface area contributed by atoms with E-state index in [9.17, 15) is 0 Å². The van der Waals surface area contributed by atoms with Gasteiger partial charge in [0.15, 0.2) is 0 Å². The molecule has 0 amide bonds. The van der Waals surface area contributed by atoms with E-state index in [2.05, 4.69) is 11.4 Å². The van der Waals surface area contributed by atoms with Gasteiger partial charge in [-0.3, -0.25) is 0 Å². The van der Waals surface area contributed by atoms with Crippen molar-refractivity contribution in [3.05, 3.63) is 35.4 Å². The van der Waals surface area contributed by atoms with Crippen LogP contribution in [0.25, 0.3) is 0 Å². The molecule has 0 atom stereocenters. The van der Waals surface area contributed by atoms with Crippen molar-refractivity contribution in [1.29, 1.82) is 5.26 Å². The van der Waals surface area contributed by atoms with Crippen LogP contribution in [-0.4, -0.2) is 19.2 Å². The van der Waals surface area contributed by atoms with E-state index >= 15 is 0 Å². The molecule has 1 N–H and O–H groups in total. The summed E-state index contributed by atoms with van der Waals surface area (Å²) in [6.45, 7) is 0.615. The summed E-state index contributed by atoms with van der Waals surface area (Å²) in [6, 6.07) is 10.5. The quantitative estimate of drug-likeness (QED) is 0.885. The van der Waals surface area contributed by atoms with Crippen LogP contribution in [0.4, 0.5) is 0 Å². The lowest BCUT2D eigenvalue weighted by Crippen LogP contribution is -2.32. The third-order valence-electron chi connectivity index (χ3n) is 3.62. The summed E-state index contributed by atoms with van der Waals surface area (Å²) < 4.78 is 5.92. The highest BCUT2D eigenvalue weighted by Gasteiger charge is 2.20. The fraction of sp³-hybridized carbons (Fsp3) is 0.533. The molecule has 1 aliphatic carbocycles. The summed E-state index contributed by atoms with van der Waals surface area (Å²) in [5.74, 6) is 0. The first-order chi connectivity index (χ1) is 8.81. The van der Waals surface area contributed by atoms with Gasteiger partial charge in [0, 0.05) is 6.04 Å². The molecular weight excluding hydrogens is 224 g/mol. The molecule has 0 spiro atoms. The predicted octanol–water partition coefficient (Wildman–Crippen LogP) is 2.61. The van der Waals surface area contributed by atoms with E-state index in [1.807, 2.05) is 31.3 Å². The first-order valence-corrected chi connectivity index (χ1v) is 6.59. The molecule has 96 valence electrons. The van der Waals surface area contributed by atoms with Gasteiger partial charge in [0.25, 0.3) is 0 Å². The number of rotatable bonds is 4. The molecule has 0 radical (unpaired) electrons. The Hall–Kier alpha value is -1.37. The van der Waals surface area contributed by atoms with Crippen molar-refractivity contribution in [2.75, 3.05) is 7.05 Å². The molecule has 0 bridgehead atoms. The van der Waals surface area contributed by atoms with Gasteiger partial charge in [-0.15, -0.1) is 0 Å². The molecule has 1 fully saturated rings. The molecule has 0 aromatic heterocycles. The standard InChI is InChI=1S/C15H20N2O/c1-17-14-5-7-15(8-6-14)18-11-13-4-2-3-12(9-13)10-16/h2-4,9,14-15,17H,5-8,11H2,1H3. The lowest BCUT2D eigenvalue weighted by atomic mass is 9.93. The lowest BCUT2D eigenvalue weighted by molar-refractivity contribution is 0.0118. The summed E-state index contributed by atoms with van der Waals surface area (Å²) in [5, 5.41) is 12.2. The van der Waals surface area contributed by atoms with E-state index in [-0.39, 0.29) is 0 Å². The molecular formula is C15H20N2O. The van der Waals surface area contributed by atoms with Gasteiger partial charge in [0.1, 0.15) is 0 Å². The Morgan fingerprint density at radius 2 is 2.11 bits per heavy atom. The lowest BCUT2D eigenvalue weighted by Gasteiger charge is -2.28. The fourth-order valence-electron chi connectivity index (χ4n) is 2.46. The minimum absolute atomic E-state index is 0.375. The summed E-state index contributed by atoms with van der Waals surface area (Å²) in [7, 11) is 2.03. The highest BCUT2D eigenvalue weighted by atomic mass is 16.5. The average Bonchev–Trinajstić information content (AvgIpc) is 2.46. The SMILES string of the molecule is CNC1CCC(OCc2cccc(C#N)c2)CC1. The van der Waals surface area contributed by atoms with Crippen molar-refractivity contribution < 1.29 is 4.74 Å². The maximum Gasteiger partial charge on any atom is 0.0991 e. The molecule has 2 rings (SSSR count). The van der Waals surface area contributed by atoms with Crippen molar-refractivity contribution in [2.45, 2.75) is 44.4 Å². The van der Waals surface area contributed by atoms with Gasteiger partial charge in [-0.25, -0.2) is 0 Å². The number of hydrogen-bond donors (Lipinski definition) is 1. The third kappa shape index (κ3) is 3.56. The minimum Gasteiger partial charge on any atom is -0.374 e. The van der Waals surface area contributed by atoms with Gasteiger partial charge < -0.3 is 10.1 Å².